The Kier molecular flexibility index (Phi) is 5.81. The highest BCUT2D eigenvalue weighted by molar-refractivity contribution is 9.10. The van der Waals surface area contributed by atoms with Gasteiger partial charge in [-0.05, 0) is 45.8 Å². The summed E-state index contributed by atoms with van der Waals surface area (Å²) in [7, 11) is 0. The Bertz CT molecular complexity index is 616. The van der Waals surface area contributed by atoms with Crippen molar-refractivity contribution < 1.29 is 4.79 Å². The van der Waals surface area contributed by atoms with Crippen LogP contribution in [0.4, 0.5) is 0 Å². The molecular formula is C18H22BrNOS. The van der Waals surface area contributed by atoms with Crippen molar-refractivity contribution in [2.45, 2.75) is 39.7 Å². The molecule has 0 saturated heterocycles. The summed E-state index contributed by atoms with van der Waals surface area (Å²) in [4.78, 5) is 13.2. The normalized spacial score (nSPS) is 12.9. The summed E-state index contributed by atoms with van der Waals surface area (Å²) >= 11 is 4.86. The first-order valence-electron chi connectivity index (χ1n) is 7.42. The zero-order chi connectivity index (χ0) is 16.2. The van der Waals surface area contributed by atoms with Crippen LogP contribution in [-0.4, -0.2) is 11.9 Å². The Balaban J connectivity index is 2.08. The molecule has 0 aliphatic heterocycles. The second-order valence-electron chi connectivity index (χ2n) is 6.75. The summed E-state index contributed by atoms with van der Waals surface area (Å²) in [5, 5.41) is 5.14. The molecule has 2 nitrogen and oxygen atoms in total. The summed E-state index contributed by atoms with van der Waals surface area (Å²) < 4.78 is 0.957. The molecule has 1 aromatic carbocycles. The molecule has 0 unspecified atom stereocenters. The van der Waals surface area contributed by atoms with Crippen molar-refractivity contribution in [2.24, 2.45) is 5.41 Å². The van der Waals surface area contributed by atoms with E-state index >= 15 is 0 Å². The van der Waals surface area contributed by atoms with Crippen LogP contribution in [0.5, 0.6) is 0 Å². The number of hydrogen-bond donors (Lipinski definition) is 1. The van der Waals surface area contributed by atoms with E-state index in [1.54, 1.807) is 0 Å². The third-order valence-electron chi connectivity index (χ3n) is 3.31. The Labute approximate surface area is 145 Å². The fraction of sp³-hybridized carbons (Fsp3) is 0.389. The fourth-order valence-electron chi connectivity index (χ4n) is 2.50. The Morgan fingerprint density at radius 1 is 1.27 bits per heavy atom. The number of halogens is 1. The average molecular weight is 380 g/mol. The molecule has 0 fully saturated rings. The maximum Gasteiger partial charge on any atom is 0.261 e. The van der Waals surface area contributed by atoms with Crippen molar-refractivity contribution in [1.29, 1.82) is 0 Å². The Morgan fingerprint density at radius 2 is 1.95 bits per heavy atom. The molecule has 1 atom stereocenters. The number of amides is 1. The van der Waals surface area contributed by atoms with Crippen LogP contribution in [0.15, 0.2) is 46.3 Å². The molecule has 2 aromatic rings. The first-order valence-corrected chi connectivity index (χ1v) is 9.09. The number of nitrogens with one attached hydrogen (secondary N) is 1. The van der Waals surface area contributed by atoms with E-state index in [9.17, 15) is 4.79 Å². The molecule has 1 N–H and O–H groups in total. The monoisotopic (exact) mass is 379 g/mol. The molecule has 0 saturated carbocycles. The van der Waals surface area contributed by atoms with Gasteiger partial charge in [0.2, 0.25) is 0 Å². The van der Waals surface area contributed by atoms with E-state index < -0.39 is 0 Å². The van der Waals surface area contributed by atoms with Gasteiger partial charge in [-0.3, -0.25) is 4.79 Å². The molecule has 1 amide bonds. The molecule has 1 heterocycles. The minimum atomic E-state index is 0.0147. The van der Waals surface area contributed by atoms with Crippen molar-refractivity contribution in [1.82, 2.24) is 5.32 Å². The van der Waals surface area contributed by atoms with Gasteiger partial charge in [-0.25, -0.2) is 0 Å². The zero-order valence-corrected chi connectivity index (χ0v) is 15.6. The molecule has 0 bridgehead atoms. The van der Waals surface area contributed by atoms with E-state index in [2.05, 4.69) is 54.2 Å². The predicted octanol–water partition coefficient (Wildman–Crippen LogP) is 5.29. The topological polar surface area (TPSA) is 29.1 Å². The van der Waals surface area contributed by atoms with Crippen molar-refractivity contribution in [3.63, 3.8) is 0 Å². The molecule has 22 heavy (non-hydrogen) atoms. The lowest BCUT2D eigenvalue weighted by atomic mass is 9.86. The van der Waals surface area contributed by atoms with E-state index in [1.165, 1.54) is 16.9 Å². The zero-order valence-electron chi connectivity index (χ0n) is 13.2. The van der Waals surface area contributed by atoms with Crippen LogP contribution < -0.4 is 5.32 Å². The van der Waals surface area contributed by atoms with Gasteiger partial charge in [-0.1, -0.05) is 51.1 Å². The lowest BCUT2D eigenvalue weighted by Gasteiger charge is -2.27. The fourth-order valence-corrected chi connectivity index (χ4v) is 3.83. The molecule has 0 radical (unpaired) electrons. The highest BCUT2D eigenvalue weighted by Crippen LogP contribution is 2.24. The lowest BCUT2D eigenvalue weighted by Crippen LogP contribution is -2.38. The van der Waals surface area contributed by atoms with Gasteiger partial charge >= 0.3 is 0 Å². The van der Waals surface area contributed by atoms with Gasteiger partial charge in [0.05, 0.1) is 4.88 Å². The second-order valence-corrected chi connectivity index (χ2v) is 8.58. The molecule has 4 heteroatoms. The highest BCUT2D eigenvalue weighted by atomic mass is 79.9. The van der Waals surface area contributed by atoms with Gasteiger partial charge in [0.25, 0.3) is 5.91 Å². The van der Waals surface area contributed by atoms with Crippen molar-refractivity contribution in [3.05, 3.63) is 56.7 Å². The molecule has 1 aromatic heterocycles. The Morgan fingerprint density at radius 3 is 2.50 bits per heavy atom. The molecule has 0 aliphatic rings. The summed E-state index contributed by atoms with van der Waals surface area (Å²) in [6, 6.07) is 12.3. The molecule has 0 aliphatic carbocycles. The standard InChI is InChI=1S/C18H22BrNOS/c1-18(2,3)11-15(9-13-7-5-4-6-8-13)20-17(21)16-10-14(19)12-22-16/h4-8,10,12,15H,9,11H2,1-3H3,(H,20,21)/t15-/m1/s1. The van der Waals surface area contributed by atoms with Crippen LogP contribution in [0.1, 0.15) is 42.4 Å². The first-order chi connectivity index (χ1) is 10.3. The smallest absolute Gasteiger partial charge is 0.261 e. The summed E-state index contributed by atoms with van der Waals surface area (Å²) in [6.07, 6.45) is 1.80. The molecular weight excluding hydrogens is 358 g/mol. The van der Waals surface area contributed by atoms with Crippen LogP contribution in [0.3, 0.4) is 0 Å². The largest absolute Gasteiger partial charge is 0.348 e. The number of thiophene rings is 1. The van der Waals surface area contributed by atoms with Crippen LogP contribution in [0.25, 0.3) is 0 Å². The van der Waals surface area contributed by atoms with Crippen LogP contribution in [0, 0.1) is 5.41 Å². The minimum absolute atomic E-state index is 0.0147. The SMILES string of the molecule is CC(C)(C)C[C@@H](Cc1ccccc1)NC(=O)c1cc(Br)cs1. The first kappa shape index (κ1) is 17.2. The third-order valence-corrected chi connectivity index (χ3v) is 5.00. The maximum absolute atomic E-state index is 12.4. The number of carbonyl (C=O) groups is 1. The maximum atomic E-state index is 12.4. The third kappa shape index (κ3) is 5.58. The van der Waals surface area contributed by atoms with E-state index in [4.69, 9.17) is 0 Å². The van der Waals surface area contributed by atoms with Gasteiger partial charge in [-0.2, -0.15) is 0 Å². The molecule has 118 valence electrons. The van der Waals surface area contributed by atoms with Gasteiger partial charge in [0, 0.05) is 15.9 Å². The highest BCUT2D eigenvalue weighted by Gasteiger charge is 2.22. The number of hydrogen-bond acceptors (Lipinski definition) is 2. The van der Waals surface area contributed by atoms with Crippen LogP contribution in [-0.2, 0) is 6.42 Å². The minimum Gasteiger partial charge on any atom is -0.348 e. The molecule has 2 rings (SSSR count). The van der Waals surface area contributed by atoms with E-state index in [-0.39, 0.29) is 17.4 Å². The summed E-state index contributed by atoms with van der Waals surface area (Å²) in [5.74, 6) is 0.0147. The van der Waals surface area contributed by atoms with Crippen LogP contribution >= 0.6 is 27.3 Å². The number of rotatable bonds is 5. The van der Waals surface area contributed by atoms with Crippen molar-refractivity contribution in [2.75, 3.05) is 0 Å². The number of benzene rings is 1. The van der Waals surface area contributed by atoms with Crippen LogP contribution in [0.2, 0.25) is 0 Å². The Hall–Kier alpha value is -1.13. The summed E-state index contributed by atoms with van der Waals surface area (Å²) in [6.45, 7) is 6.62. The van der Waals surface area contributed by atoms with Crippen molar-refractivity contribution >= 4 is 33.2 Å². The van der Waals surface area contributed by atoms with E-state index in [0.29, 0.717) is 0 Å². The molecule has 0 spiro atoms. The van der Waals surface area contributed by atoms with E-state index in [0.717, 1.165) is 22.2 Å². The average Bonchev–Trinajstić information content (AvgIpc) is 2.84. The predicted molar refractivity (Wildman–Crippen MR) is 97.5 cm³/mol. The van der Waals surface area contributed by atoms with Gasteiger partial charge < -0.3 is 5.32 Å². The van der Waals surface area contributed by atoms with Gasteiger partial charge in [0.15, 0.2) is 0 Å². The number of carbonyl (C=O) groups excluding carboxylic acids is 1. The van der Waals surface area contributed by atoms with Gasteiger partial charge in [-0.15, -0.1) is 11.3 Å². The summed E-state index contributed by atoms with van der Waals surface area (Å²) in [5.41, 5.74) is 1.42. The second kappa shape index (κ2) is 7.42. The van der Waals surface area contributed by atoms with E-state index in [1.807, 2.05) is 29.6 Å². The van der Waals surface area contributed by atoms with Crippen molar-refractivity contribution in [3.8, 4) is 0 Å². The quantitative estimate of drug-likeness (QED) is 0.751. The van der Waals surface area contributed by atoms with Gasteiger partial charge in [0.1, 0.15) is 0 Å². The lowest BCUT2D eigenvalue weighted by molar-refractivity contribution is 0.0930.